The number of carbonyl (C=O) groups is 1. The summed E-state index contributed by atoms with van der Waals surface area (Å²) in [5.41, 5.74) is 2.54. The van der Waals surface area contributed by atoms with Crippen LogP contribution >= 0.6 is 34.7 Å². The first-order valence-corrected chi connectivity index (χ1v) is 12.2. The molecular formula is C23H20ClN3O2S2. The molecule has 2 heterocycles. The zero-order valence-corrected chi connectivity index (χ0v) is 19.2. The first-order chi connectivity index (χ1) is 15.1. The van der Waals surface area contributed by atoms with Crippen LogP contribution in [0.15, 0.2) is 58.2 Å². The van der Waals surface area contributed by atoms with E-state index in [4.69, 9.17) is 16.0 Å². The highest BCUT2D eigenvalue weighted by Gasteiger charge is 2.26. The second kappa shape index (κ2) is 8.65. The van der Waals surface area contributed by atoms with Crippen molar-refractivity contribution >= 4 is 50.7 Å². The van der Waals surface area contributed by atoms with Gasteiger partial charge in [0.05, 0.1) is 16.3 Å². The number of hydrogen-bond donors (Lipinski definition) is 1. The minimum absolute atomic E-state index is 0.0358. The van der Waals surface area contributed by atoms with Gasteiger partial charge in [0, 0.05) is 10.1 Å². The SMILES string of the molecule is CC(Sc1nnc(-c2sc3ccccc3c2Cl)o1)C(=O)NC1CCCc2ccccc21. The highest BCUT2D eigenvalue weighted by molar-refractivity contribution is 8.00. The van der Waals surface area contributed by atoms with Crippen molar-refractivity contribution in [1.82, 2.24) is 15.5 Å². The van der Waals surface area contributed by atoms with Gasteiger partial charge in [-0.1, -0.05) is 65.8 Å². The zero-order chi connectivity index (χ0) is 21.4. The number of nitrogens with one attached hydrogen (secondary N) is 1. The number of thiophene rings is 1. The Labute approximate surface area is 193 Å². The monoisotopic (exact) mass is 469 g/mol. The van der Waals surface area contributed by atoms with Crippen LogP contribution in [0.2, 0.25) is 5.02 Å². The van der Waals surface area contributed by atoms with Crippen LogP contribution in [-0.4, -0.2) is 21.4 Å². The Balaban J connectivity index is 1.28. The van der Waals surface area contributed by atoms with E-state index in [0.29, 0.717) is 16.1 Å². The van der Waals surface area contributed by atoms with Gasteiger partial charge in [-0.25, -0.2) is 0 Å². The maximum absolute atomic E-state index is 12.8. The molecule has 2 unspecified atom stereocenters. The Kier molecular flexibility index (Phi) is 5.73. The van der Waals surface area contributed by atoms with Crippen LogP contribution in [-0.2, 0) is 11.2 Å². The van der Waals surface area contributed by atoms with E-state index in [1.165, 1.54) is 34.2 Å². The number of halogens is 1. The molecule has 5 nitrogen and oxygen atoms in total. The zero-order valence-electron chi connectivity index (χ0n) is 16.8. The highest BCUT2D eigenvalue weighted by Crippen LogP contribution is 2.42. The van der Waals surface area contributed by atoms with Gasteiger partial charge in [-0.2, -0.15) is 0 Å². The van der Waals surface area contributed by atoms with Gasteiger partial charge in [-0.15, -0.1) is 21.5 Å². The summed E-state index contributed by atoms with van der Waals surface area (Å²) in [6, 6.07) is 16.3. The van der Waals surface area contributed by atoms with E-state index in [1.807, 2.05) is 37.3 Å². The summed E-state index contributed by atoms with van der Waals surface area (Å²) < 4.78 is 6.90. The molecule has 4 aromatic rings. The third-order valence-corrected chi connectivity index (χ3v) is 8.07. The van der Waals surface area contributed by atoms with E-state index < -0.39 is 0 Å². The number of amides is 1. The van der Waals surface area contributed by atoms with Crippen molar-refractivity contribution < 1.29 is 9.21 Å². The Morgan fingerprint density at radius 1 is 1.23 bits per heavy atom. The first-order valence-electron chi connectivity index (χ1n) is 10.2. The van der Waals surface area contributed by atoms with Crippen LogP contribution in [0.5, 0.6) is 0 Å². The summed E-state index contributed by atoms with van der Waals surface area (Å²) in [6.07, 6.45) is 3.10. The molecular weight excluding hydrogens is 450 g/mol. The van der Waals surface area contributed by atoms with Crippen LogP contribution in [0.3, 0.4) is 0 Å². The fraction of sp³-hybridized carbons (Fsp3) is 0.261. The molecule has 8 heteroatoms. The van der Waals surface area contributed by atoms with Crippen LogP contribution in [0.4, 0.5) is 0 Å². The normalized spacial score (nSPS) is 16.8. The predicted octanol–water partition coefficient (Wildman–Crippen LogP) is 6.28. The first kappa shape index (κ1) is 20.5. The molecule has 0 fully saturated rings. The topological polar surface area (TPSA) is 68.0 Å². The number of thioether (sulfide) groups is 1. The number of aryl methyl sites for hydroxylation is 1. The van der Waals surface area contributed by atoms with Crippen LogP contribution in [0.1, 0.15) is 36.9 Å². The molecule has 158 valence electrons. The molecule has 0 spiro atoms. The number of benzene rings is 2. The molecule has 2 atom stereocenters. The summed E-state index contributed by atoms with van der Waals surface area (Å²) in [5.74, 6) is 0.342. The molecule has 0 radical (unpaired) electrons. The molecule has 2 aromatic heterocycles. The largest absolute Gasteiger partial charge is 0.410 e. The Morgan fingerprint density at radius 2 is 2.03 bits per heavy atom. The number of aromatic nitrogens is 2. The fourth-order valence-electron chi connectivity index (χ4n) is 3.90. The molecule has 31 heavy (non-hydrogen) atoms. The average molecular weight is 470 g/mol. The Morgan fingerprint density at radius 3 is 2.90 bits per heavy atom. The molecule has 1 amide bonds. The fourth-order valence-corrected chi connectivity index (χ4v) is 6.02. The molecule has 1 N–H and O–H groups in total. The quantitative estimate of drug-likeness (QED) is 0.348. The van der Waals surface area contributed by atoms with Gasteiger partial charge in [0.2, 0.25) is 5.91 Å². The number of nitrogens with zero attached hydrogens (tertiary/aromatic N) is 2. The molecule has 0 bridgehead atoms. The lowest BCUT2D eigenvalue weighted by atomic mass is 9.88. The van der Waals surface area contributed by atoms with E-state index in [1.54, 1.807) is 0 Å². The van der Waals surface area contributed by atoms with Crippen molar-refractivity contribution in [3.8, 4) is 10.8 Å². The summed E-state index contributed by atoms with van der Waals surface area (Å²) in [5, 5.41) is 13.1. The third-order valence-electron chi connectivity index (χ3n) is 5.47. The second-order valence-corrected chi connectivity index (χ2v) is 10.2. The van der Waals surface area contributed by atoms with Gasteiger partial charge in [0.1, 0.15) is 4.88 Å². The Hall–Kier alpha value is -2.35. The lowest BCUT2D eigenvalue weighted by Crippen LogP contribution is -2.35. The summed E-state index contributed by atoms with van der Waals surface area (Å²) >= 11 is 9.29. The minimum atomic E-state index is -0.361. The number of rotatable bonds is 5. The van der Waals surface area contributed by atoms with Gasteiger partial charge in [-0.05, 0) is 43.4 Å². The van der Waals surface area contributed by atoms with E-state index in [9.17, 15) is 4.79 Å². The smallest absolute Gasteiger partial charge is 0.277 e. The van der Waals surface area contributed by atoms with Crippen molar-refractivity contribution in [2.75, 3.05) is 0 Å². The van der Waals surface area contributed by atoms with Crippen LogP contribution in [0.25, 0.3) is 20.9 Å². The number of carbonyl (C=O) groups excluding carboxylic acids is 1. The molecule has 0 aliphatic heterocycles. The Bertz CT molecular complexity index is 1250. The predicted molar refractivity (Wildman–Crippen MR) is 126 cm³/mol. The van der Waals surface area contributed by atoms with Crippen molar-refractivity contribution in [3.63, 3.8) is 0 Å². The van der Waals surface area contributed by atoms with E-state index >= 15 is 0 Å². The molecule has 2 aromatic carbocycles. The summed E-state index contributed by atoms with van der Waals surface area (Å²) in [7, 11) is 0. The van der Waals surface area contributed by atoms with Gasteiger partial charge in [0.15, 0.2) is 0 Å². The van der Waals surface area contributed by atoms with Gasteiger partial charge in [0.25, 0.3) is 11.1 Å². The summed E-state index contributed by atoms with van der Waals surface area (Å²) in [6.45, 7) is 1.85. The van der Waals surface area contributed by atoms with E-state index in [-0.39, 0.29) is 17.2 Å². The van der Waals surface area contributed by atoms with Crippen molar-refractivity contribution in [3.05, 3.63) is 64.7 Å². The molecule has 0 saturated carbocycles. The number of hydrogen-bond acceptors (Lipinski definition) is 6. The lowest BCUT2D eigenvalue weighted by molar-refractivity contribution is -0.121. The van der Waals surface area contributed by atoms with Gasteiger partial charge < -0.3 is 9.73 Å². The standard InChI is InChI=1S/C23H20ClN3O2S2/c1-13(21(28)25-17-11-6-8-14-7-2-3-9-15(14)17)30-23-27-26-22(29-23)20-19(24)16-10-4-5-12-18(16)31-20/h2-5,7,9-10,12-13,17H,6,8,11H2,1H3,(H,25,28). The summed E-state index contributed by atoms with van der Waals surface area (Å²) in [4.78, 5) is 13.6. The van der Waals surface area contributed by atoms with Gasteiger partial charge in [-0.3, -0.25) is 4.79 Å². The molecule has 0 saturated heterocycles. The highest BCUT2D eigenvalue weighted by atomic mass is 35.5. The lowest BCUT2D eigenvalue weighted by Gasteiger charge is -2.27. The van der Waals surface area contributed by atoms with Crippen molar-refractivity contribution in [2.45, 2.75) is 42.7 Å². The minimum Gasteiger partial charge on any atom is -0.410 e. The molecule has 1 aliphatic carbocycles. The van der Waals surface area contributed by atoms with Gasteiger partial charge >= 0.3 is 0 Å². The van der Waals surface area contributed by atoms with E-state index in [0.717, 1.165) is 34.2 Å². The maximum Gasteiger partial charge on any atom is 0.277 e. The second-order valence-electron chi connectivity index (χ2n) is 7.53. The maximum atomic E-state index is 12.8. The number of fused-ring (bicyclic) bond motifs is 2. The third kappa shape index (κ3) is 4.10. The van der Waals surface area contributed by atoms with Crippen molar-refractivity contribution in [2.24, 2.45) is 0 Å². The van der Waals surface area contributed by atoms with Crippen LogP contribution < -0.4 is 5.32 Å². The van der Waals surface area contributed by atoms with E-state index in [2.05, 4.69) is 33.7 Å². The molecule has 5 rings (SSSR count). The average Bonchev–Trinajstić information content (AvgIpc) is 3.38. The molecule has 1 aliphatic rings. The van der Waals surface area contributed by atoms with Crippen LogP contribution in [0, 0.1) is 0 Å². The van der Waals surface area contributed by atoms with Crippen molar-refractivity contribution in [1.29, 1.82) is 0 Å².